The second kappa shape index (κ2) is 4.62. The van der Waals surface area contributed by atoms with Crippen LogP contribution in [0.2, 0.25) is 0 Å². The Morgan fingerprint density at radius 2 is 2.10 bits per heavy atom. The summed E-state index contributed by atoms with van der Waals surface area (Å²) >= 11 is 0. The molecule has 0 aromatic heterocycles. The van der Waals surface area contributed by atoms with E-state index in [4.69, 9.17) is 5.11 Å². The van der Waals surface area contributed by atoms with Crippen LogP contribution in [-0.4, -0.2) is 39.8 Å². The highest BCUT2D eigenvalue weighted by atomic mass is 32.2. The monoisotopic (exact) mass is 170 g/mol. The zero-order chi connectivity index (χ0) is 8.04. The van der Waals surface area contributed by atoms with Crippen LogP contribution in [0.15, 0.2) is 0 Å². The number of aliphatic hydroxyl groups is 1. The molecule has 0 heterocycles. The number of ether oxygens (including phenoxy) is 1. The molecule has 0 rings (SSSR count). The van der Waals surface area contributed by atoms with Crippen LogP contribution in [0.5, 0.6) is 0 Å². The van der Waals surface area contributed by atoms with Gasteiger partial charge in [-0.15, -0.1) is 0 Å². The van der Waals surface area contributed by atoms with Gasteiger partial charge in [0.1, 0.15) is 0 Å². The second-order valence-corrected chi connectivity index (χ2v) is 3.16. The normalized spacial score (nSPS) is 11.8. The lowest BCUT2D eigenvalue weighted by molar-refractivity contribution is 0.117. The molecule has 0 spiro atoms. The summed E-state index contributed by atoms with van der Waals surface area (Å²) in [5, 5.41) is 8.18. The predicted octanol–water partition coefficient (Wildman–Crippen LogP) is -1.07. The molecule has 6 heteroatoms. The van der Waals surface area contributed by atoms with Gasteiger partial charge in [-0.05, 0) is 0 Å². The van der Waals surface area contributed by atoms with Gasteiger partial charge in [0.15, 0.2) is 5.94 Å². The SMILES string of the molecule is COS(=O)(=O)COCCO. The largest absolute Gasteiger partial charge is 0.394 e. The number of aliphatic hydroxyl groups excluding tert-OH is 1. The molecule has 10 heavy (non-hydrogen) atoms. The molecule has 0 atom stereocenters. The lowest BCUT2D eigenvalue weighted by Gasteiger charge is -2.00. The third-order valence-corrected chi connectivity index (χ3v) is 1.68. The van der Waals surface area contributed by atoms with Crippen molar-refractivity contribution >= 4 is 10.1 Å². The minimum absolute atomic E-state index is 0.00257. The number of rotatable bonds is 5. The van der Waals surface area contributed by atoms with Crippen LogP contribution >= 0.6 is 0 Å². The second-order valence-electron chi connectivity index (χ2n) is 1.47. The third kappa shape index (κ3) is 4.68. The summed E-state index contributed by atoms with van der Waals surface area (Å²) in [7, 11) is -2.47. The molecule has 0 aliphatic heterocycles. The van der Waals surface area contributed by atoms with E-state index in [-0.39, 0.29) is 13.2 Å². The fourth-order valence-electron chi connectivity index (χ4n) is 0.274. The van der Waals surface area contributed by atoms with Gasteiger partial charge in [0.25, 0.3) is 10.1 Å². The molecule has 0 aliphatic rings. The fraction of sp³-hybridized carbons (Fsp3) is 1.00. The van der Waals surface area contributed by atoms with Crippen molar-refractivity contribution in [2.24, 2.45) is 0 Å². The van der Waals surface area contributed by atoms with Gasteiger partial charge in [0.2, 0.25) is 0 Å². The molecule has 0 bridgehead atoms. The van der Waals surface area contributed by atoms with Crippen LogP contribution in [0, 0.1) is 0 Å². The van der Waals surface area contributed by atoms with Crippen LogP contribution in [-0.2, 0) is 19.0 Å². The Morgan fingerprint density at radius 3 is 2.50 bits per heavy atom. The zero-order valence-corrected chi connectivity index (χ0v) is 6.43. The zero-order valence-electron chi connectivity index (χ0n) is 5.61. The summed E-state index contributed by atoms with van der Waals surface area (Å²) in [6.45, 7) is -0.193. The Kier molecular flexibility index (Phi) is 4.54. The topological polar surface area (TPSA) is 72.8 Å². The minimum atomic E-state index is -3.53. The summed E-state index contributed by atoms with van der Waals surface area (Å²) in [4.78, 5) is 0. The van der Waals surface area contributed by atoms with Crippen molar-refractivity contribution in [1.29, 1.82) is 0 Å². The Hall–Kier alpha value is -0.170. The van der Waals surface area contributed by atoms with E-state index in [1.54, 1.807) is 0 Å². The van der Waals surface area contributed by atoms with E-state index >= 15 is 0 Å². The van der Waals surface area contributed by atoms with Gasteiger partial charge in [0.05, 0.1) is 20.3 Å². The highest BCUT2D eigenvalue weighted by Gasteiger charge is 2.06. The van der Waals surface area contributed by atoms with E-state index in [0.29, 0.717) is 0 Å². The quantitative estimate of drug-likeness (QED) is 0.420. The Labute approximate surface area is 59.7 Å². The van der Waals surface area contributed by atoms with Crippen molar-refractivity contribution in [3.8, 4) is 0 Å². The molecule has 0 amide bonds. The molecule has 0 saturated heterocycles. The van der Waals surface area contributed by atoms with E-state index in [0.717, 1.165) is 7.11 Å². The van der Waals surface area contributed by atoms with Gasteiger partial charge in [-0.25, -0.2) is 0 Å². The Morgan fingerprint density at radius 1 is 1.50 bits per heavy atom. The van der Waals surface area contributed by atoms with Crippen LogP contribution in [0.25, 0.3) is 0 Å². The molecule has 0 aliphatic carbocycles. The molecule has 0 saturated carbocycles. The number of hydrogen-bond acceptors (Lipinski definition) is 5. The first-order valence-corrected chi connectivity index (χ1v) is 4.17. The summed E-state index contributed by atoms with van der Waals surface area (Å²) in [5.41, 5.74) is 0. The molecule has 5 nitrogen and oxygen atoms in total. The smallest absolute Gasteiger partial charge is 0.291 e. The third-order valence-electron chi connectivity index (χ3n) is 0.717. The van der Waals surface area contributed by atoms with Crippen molar-refractivity contribution in [3.05, 3.63) is 0 Å². The maximum absolute atomic E-state index is 10.4. The van der Waals surface area contributed by atoms with Gasteiger partial charge < -0.3 is 9.84 Å². The van der Waals surface area contributed by atoms with Crippen LogP contribution < -0.4 is 0 Å². The molecular weight excluding hydrogens is 160 g/mol. The molecule has 0 aromatic carbocycles. The molecular formula is C4H10O5S. The first kappa shape index (κ1) is 9.83. The fourth-order valence-corrected chi connectivity index (χ4v) is 0.692. The van der Waals surface area contributed by atoms with Crippen LogP contribution in [0.3, 0.4) is 0 Å². The molecule has 0 unspecified atom stereocenters. The maximum atomic E-state index is 10.4. The standard InChI is InChI=1S/C4H10O5S/c1-8-10(6,7)4-9-3-2-5/h5H,2-4H2,1H3. The lowest BCUT2D eigenvalue weighted by atomic mass is 10.8. The van der Waals surface area contributed by atoms with Gasteiger partial charge in [0, 0.05) is 0 Å². The molecule has 0 radical (unpaired) electrons. The van der Waals surface area contributed by atoms with E-state index in [2.05, 4.69) is 8.92 Å². The highest BCUT2D eigenvalue weighted by molar-refractivity contribution is 7.86. The average Bonchev–Trinajstić information content (AvgIpc) is 1.89. The van der Waals surface area contributed by atoms with Gasteiger partial charge in [-0.1, -0.05) is 0 Å². The van der Waals surface area contributed by atoms with Crippen molar-refractivity contribution in [2.45, 2.75) is 0 Å². The van der Waals surface area contributed by atoms with Crippen molar-refractivity contribution in [3.63, 3.8) is 0 Å². The van der Waals surface area contributed by atoms with Crippen LogP contribution in [0.4, 0.5) is 0 Å². The summed E-state index contributed by atoms with van der Waals surface area (Å²) in [6.07, 6.45) is 0. The minimum Gasteiger partial charge on any atom is -0.394 e. The van der Waals surface area contributed by atoms with Crippen molar-refractivity contribution in [2.75, 3.05) is 26.3 Å². The van der Waals surface area contributed by atoms with Gasteiger partial charge in [-0.3, -0.25) is 4.18 Å². The summed E-state index contributed by atoms with van der Waals surface area (Å²) in [5.74, 6) is -0.510. The number of hydrogen-bond donors (Lipinski definition) is 1. The lowest BCUT2D eigenvalue weighted by Crippen LogP contribution is -2.12. The predicted molar refractivity (Wildman–Crippen MR) is 33.8 cm³/mol. The van der Waals surface area contributed by atoms with Crippen molar-refractivity contribution in [1.82, 2.24) is 0 Å². The average molecular weight is 170 g/mol. The van der Waals surface area contributed by atoms with E-state index in [1.165, 1.54) is 0 Å². The highest BCUT2D eigenvalue weighted by Crippen LogP contribution is 1.89. The molecule has 62 valence electrons. The van der Waals surface area contributed by atoms with E-state index in [1.807, 2.05) is 0 Å². The van der Waals surface area contributed by atoms with Crippen molar-refractivity contribution < 1.29 is 22.4 Å². The summed E-state index contributed by atoms with van der Waals surface area (Å²) < 4.78 is 29.4. The van der Waals surface area contributed by atoms with Gasteiger partial charge in [-0.2, -0.15) is 8.42 Å². The first-order chi connectivity index (χ1) is 4.62. The molecule has 0 aromatic rings. The van der Waals surface area contributed by atoms with E-state index in [9.17, 15) is 8.42 Å². The molecule has 0 fully saturated rings. The maximum Gasteiger partial charge on any atom is 0.291 e. The Bertz CT molecular complexity index is 160. The molecule has 1 N–H and O–H groups in total. The summed E-state index contributed by atoms with van der Waals surface area (Å²) in [6, 6.07) is 0. The van der Waals surface area contributed by atoms with Crippen LogP contribution in [0.1, 0.15) is 0 Å². The first-order valence-electron chi connectivity index (χ1n) is 2.59. The Balaban J connectivity index is 3.49. The van der Waals surface area contributed by atoms with Gasteiger partial charge >= 0.3 is 0 Å². The van der Waals surface area contributed by atoms with E-state index < -0.39 is 16.1 Å².